The average molecular weight is 474 g/mol. The number of hydrogen-bond donors (Lipinski definition) is 2. The molecule has 0 aliphatic carbocycles. The second kappa shape index (κ2) is 10.4. The van der Waals surface area contributed by atoms with Crippen molar-refractivity contribution in [3.63, 3.8) is 0 Å². The maximum atomic E-state index is 12.3. The van der Waals surface area contributed by atoms with Gasteiger partial charge in [0, 0.05) is 19.6 Å². The normalized spacial score (nSPS) is 16.0. The summed E-state index contributed by atoms with van der Waals surface area (Å²) in [5, 5.41) is 6.31. The Kier molecular flexibility index (Phi) is 8.27. The number of carbonyl (C=O) groups excluding carboxylic acids is 1. The molecule has 2 N–H and O–H groups in total. The molecule has 1 aromatic rings. The van der Waals surface area contributed by atoms with Gasteiger partial charge in [0.2, 0.25) is 12.7 Å². The Labute approximate surface area is 171 Å². The molecule has 26 heavy (non-hydrogen) atoms. The van der Waals surface area contributed by atoms with Gasteiger partial charge in [0.25, 0.3) is 0 Å². The van der Waals surface area contributed by atoms with Gasteiger partial charge in [-0.25, -0.2) is 4.99 Å². The van der Waals surface area contributed by atoms with Gasteiger partial charge in [-0.1, -0.05) is 6.07 Å². The lowest BCUT2D eigenvalue weighted by Gasteiger charge is -2.27. The Bertz CT molecular complexity index is 633. The number of ether oxygens (including phenoxy) is 2. The van der Waals surface area contributed by atoms with Gasteiger partial charge in [-0.3, -0.25) is 4.79 Å². The fourth-order valence-corrected chi connectivity index (χ4v) is 2.97. The molecule has 1 saturated heterocycles. The molecule has 0 radical (unpaired) electrons. The lowest BCUT2D eigenvalue weighted by atomic mass is 10.1. The highest BCUT2D eigenvalue weighted by molar-refractivity contribution is 14.0. The largest absolute Gasteiger partial charge is 0.454 e. The predicted octanol–water partition coefficient (Wildman–Crippen LogP) is 2.10. The topological polar surface area (TPSA) is 75.2 Å². The summed E-state index contributed by atoms with van der Waals surface area (Å²) in [4.78, 5) is 18.7. The van der Waals surface area contributed by atoms with Gasteiger partial charge in [-0.2, -0.15) is 0 Å². The van der Waals surface area contributed by atoms with E-state index in [4.69, 9.17) is 9.47 Å². The first-order chi connectivity index (χ1) is 12.3. The minimum Gasteiger partial charge on any atom is -0.454 e. The summed E-state index contributed by atoms with van der Waals surface area (Å²) < 4.78 is 10.7. The Morgan fingerprint density at radius 3 is 2.69 bits per heavy atom. The third-order valence-corrected chi connectivity index (χ3v) is 4.32. The Balaban J connectivity index is 0.00000243. The predicted molar refractivity (Wildman–Crippen MR) is 111 cm³/mol. The number of guanidine groups is 1. The summed E-state index contributed by atoms with van der Waals surface area (Å²) in [5.74, 6) is 2.30. The van der Waals surface area contributed by atoms with Crippen molar-refractivity contribution in [3.8, 4) is 11.5 Å². The number of likely N-dealkylation sites (tertiary alicyclic amines) is 1. The molecule has 1 fully saturated rings. The van der Waals surface area contributed by atoms with E-state index in [2.05, 4.69) is 15.6 Å². The second-order valence-corrected chi connectivity index (χ2v) is 6.18. The van der Waals surface area contributed by atoms with Crippen LogP contribution in [0.25, 0.3) is 0 Å². The van der Waals surface area contributed by atoms with E-state index in [1.165, 1.54) is 6.42 Å². The molecule has 1 amide bonds. The zero-order chi connectivity index (χ0) is 17.5. The first-order valence-corrected chi connectivity index (χ1v) is 8.94. The highest BCUT2D eigenvalue weighted by Crippen LogP contribution is 2.32. The number of nitrogens with zero attached hydrogens (tertiary/aromatic N) is 2. The average Bonchev–Trinajstić information content (AvgIpc) is 3.12. The molecule has 8 heteroatoms. The number of fused-ring (bicyclic) bond motifs is 1. The number of aliphatic imine (C=N–C) groups is 1. The highest BCUT2D eigenvalue weighted by Gasteiger charge is 2.16. The van der Waals surface area contributed by atoms with Gasteiger partial charge < -0.3 is 25.0 Å². The molecule has 3 rings (SSSR count). The quantitative estimate of drug-likeness (QED) is 0.389. The van der Waals surface area contributed by atoms with Crippen molar-refractivity contribution in [2.24, 2.45) is 4.99 Å². The van der Waals surface area contributed by atoms with Crippen LogP contribution in [0.1, 0.15) is 31.7 Å². The zero-order valence-electron chi connectivity index (χ0n) is 15.1. The molecule has 0 spiro atoms. The van der Waals surface area contributed by atoms with Crippen LogP contribution >= 0.6 is 24.0 Å². The number of nitrogens with one attached hydrogen (secondary N) is 2. The number of piperidine rings is 1. The van der Waals surface area contributed by atoms with Crippen LogP contribution in [0.2, 0.25) is 0 Å². The van der Waals surface area contributed by atoms with Crippen molar-refractivity contribution in [1.82, 2.24) is 15.5 Å². The molecule has 7 nitrogen and oxygen atoms in total. The number of hydrogen-bond acceptors (Lipinski definition) is 4. The number of amides is 1. The molecule has 1 aromatic carbocycles. The van der Waals surface area contributed by atoms with Gasteiger partial charge in [0.1, 0.15) is 0 Å². The molecule has 0 aromatic heterocycles. The van der Waals surface area contributed by atoms with Crippen molar-refractivity contribution in [1.29, 1.82) is 0 Å². The summed E-state index contributed by atoms with van der Waals surface area (Å²) in [7, 11) is 0. The van der Waals surface area contributed by atoms with E-state index in [0.29, 0.717) is 12.5 Å². The fourth-order valence-electron chi connectivity index (χ4n) is 2.97. The zero-order valence-corrected chi connectivity index (χ0v) is 17.5. The van der Waals surface area contributed by atoms with Crippen LogP contribution in [0, 0.1) is 0 Å². The highest BCUT2D eigenvalue weighted by atomic mass is 127. The molecule has 2 aliphatic heterocycles. The van der Waals surface area contributed by atoms with Crippen molar-refractivity contribution in [2.75, 3.05) is 33.0 Å². The maximum absolute atomic E-state index is 12.3. The summed E-state index contributed by atoms with van der Waals surface area (Å²) in [5.41, 5.74) is 1.03. The van der Waals surface area contributed by atoms with Gasteiger partial charge in [0.05, 0.1) is 13.1 Å². The van der Waals surface area contributed by atoms with Crippen LogP contribution in [0.15, 0.2) is 23.2 Å². The lowest BCUT2D eigenvalue weighted by molar-refractivity contribution is -0.130. The molecular formula is C18H27IN4O3. The summed E-state index contributed by atoms with van der Waals surface area (Å²) in [6.07, 6.45) is 3.42. The Morgan fingerprint density at radius 1 is 1.15 bits per heavy atom. The number of halogens is 1. The van der Waals surface area contributed by atoms with Gasteiger partial charge >= 0.3 is 0 Å². The molecule has 0 unspecified atom stereocenters. The van der Waals surface area contributed by atoms with E-state index >= 15 is 0 Å². The van der Waals surface area contributed by atoms with Crippen molar-refractivity contribution in [3.05, 3.63) is 23.8 Å². The molecule has 0 saturated carbocycles. The van der Waals surface area contributed by atoms with Crippen LogP contribution in [0.4, 0.5) is 0 Å². The van der Waals surface area contributed by atoms with Crippen LogP contribution in [0.5, 0.6) is 11.5 Å². The lowest BCUT2D eigenvalue weighted by Crippen LogP contribution is -2.46. The van der Waals surface area contributed by atoms with Crippen LogP contribution < -0.4 is 20.1 Å². The minimum absolute atomic E-state index is 0. The van der Waals surface area contributed by atoms with E-state index in [0.717, 1.165) is 49.5 Å². The van der Waals surface area contributed by atoms with Gasteiger partial charge in [-0.15, -0.1) is 24.0 Å². The molecule has 0 bridgehead atoms. The number of rotatable bonds is 5. The molecular weight excluding hydrogens is 447 g/mol. The fraction of sp³-hybridized carbons (Fsp3) is 0.556. The van der Waals surface area contributed by atoms with E-state index in [1.807, 2.05) is 30.0 Å². The standard InChI is InChI=1S/C18H26N4O3.HI/c1-2-19-18(21-12-17(23)22-8-4-3-5-9-22)20-11-14-6-7-15-16(10-14)25-13-24-15;/h6-7,10H,2-5,8-9,11-13H2,1H3,(H2,19,20,21);1H. The van der Waals surface area contributed by atoms with E-state index in [9.17, 15) is 4.79 Å². The van der Waals surface area contributed by atoms with Crippen molar-refractivity contribution < 1.29 is 14.3 Å². The number of benzene rings is 1. The molecule has 0 atom stereocenters. The Hall–Kier alpha value is -1.71. The third kappa shape index (κ3) is 5.65. The first-order valence-electron chi connectivity index (χ1n) is 8.94. The second-order valence-electron chi connectivity index (χ2n) is 6.18. The smallest absolute Gasteiger partial charge is 0.241 e. The van der Waals surface area contributed by atoms with E-state index < -0.39 is 0 Å². The number of carbonyl (C=O) groups is 1. The third-order valence-electron chi connectivity index (χ3n) is 4.32. The SMILES string of the molecule is CCNC(=NCc1ccc2c(c1)OCO2)NCC(=O)N1CCCCC1.I. The summed E-state index contributed by atoms with van der Waals surface area (Å²) >= 11 is 0. The van der Waals surface area contributed by atoms with Crippen LogP contribution in [-0.4, -0.2) is 49.7 Å². The van der Waals surface area contributed by atoms with E-state index in [1.54, 1.807) is 0 Å². The molecule has 144 valence electrons. The van der Waals surface area contributed by atoms with Gasteiger partial charge in [0.15, 0.2) is 17.5 Å². The van der Waals surface area contributed by atoms with Crippen LogP contribution in [0.3, 0.4) is 0 Å². The summed E-state index contributed by atoms with van der Waals surface area (Å²) in [6, 6.07) is 5.81. The minimum atomic E-state index is 0. The van der Waals surface area contributed by atoms with Crippen molar-refractivity contribution in [2.45, 2.75) is 32.7 Å². The molecule has 2 aliphatic rings. The first kappa shape index (κ1) is 20.6. The molecule has 2 heterocycles. The summed E-state index contributed by atoms with van der Waals surface area (Å²) in [6.45, 7) is 5.52. The van der Waals surface area contributed by atoms with E-state index in [-0.39, 0.29) is 43.2 Å². The maximum Gasteiger partial charge on any atom is 0.241 e. The van der Waals surface area contributed by atoms with Crippen molar-refractivity contribution >= 4 is 35.8 Å². The monoisotopic (exact) mass is 474 g/mol. The Morgan fingerprint density at radius 2 is 1.92 bits per heavy atom. The van der Waals surface area contributed by atoms with Crippen LogP contribution in [-0.2, 0) is 11.3 Å². The van der Waals surface area contributed by atoms with Gasteiger partial charge in [-0.05, 0) is 43.9 Å².